The third-order valence-electron chi connectivity index (χ3n) is 5.19. The number of anilines is 2. The number of hydrogen-bond acceptors (Lipinski definition) is 8. The summed E-state index contributed by atoms with van der Waals surface area (Å²) in [6, 6.07) is 5.15. The summed E-state index contributed by atoms with van der Waals surface area (Å²) >= 11 is 1.41. The van der Waals surface area contributed by atoms with Crippen LogP contribution in [0.5, 0.6) is 0 Å². The SMILES string of the molecule is C[C@H](CO)NC(=O)Nc1nc2c(s1)CN(c1nc3cc(S(C)=O)ccc3o1)C(C)(C)C2. The average Bonchev–Trinajstić information content (AvgIpc) is 3.27. The first-order valence-corrected chi connectivity index (χ1v) is 12.2. The summed E-state index contributed by atoms with van der Waals surface area (Å²) in [5.41, 5.74) is 1.96. The van der Waals surface area contributed by atoms with E-state index in [4.69, 9.17) is 9.52 Å². The molecule has 0 saturated carbocycles. The van der Waals surface area contributed by atoms with Gasteiger partial charge in [0.25, 0.3) is 6.01 Å². The van der Waals surface area contributed by atoms with Crippen molar-refractivity contribution in [2.45, 2.75) is 50.2 Å². The van der Waals surface area contributed by atoms with Crippen LogP contribution >= 0.6 is 11.3 Å². The molecule has 0 fully saturated rings. The fourth-order valence-corrected chi connectivity index (χ4v) is 4.98. The van der Waals surface area contributed by atoms with Gasteiger partial charge in [0.2, 0.25) is 0 Å². The quantitative estimate of drug-likeness (QED) is 0.532. The molecular weight excluding hydrogens is 438 g/mol. The highest BCUT2D eigenvalue weighted by molar-refractivity contribution is 7.84. The molecule has 1 aliphatic heterocycles. The number of benzene rings is 1. The first-order valence-electron chi connectivity index (χ1n) is 9.85. The van der Waals surface area contributed by atoms with Crippen LogP contribution in [0, 0.1) is 0 Å². The van der Waals surface area contributed by atoms with Crippen molar-refractivity contribution in [1.82, 2.24) is 15.3 Å². The second kappa shape index (κ2) is 8.21. The lowest BCUT2D eigenvalue weighted by molar-refractivity contribution is 0.229. The number of oxazole rings is 1. The van der Waals surface area contributed by atoms with Crippen molar-refractivity contribution in [2.75, 3.05) is 23.1 Å². The second-order valence-corrected chi connectivity index (χ2v) is 10.7. The number of aliphatic hydroxyl groups excluding tert-OH is 1. The Morgan fingerprint density at radius 2 is 2.19 bits per heavy atom. The molecular formula is C20H25N5O4S2. The van der Waals surface area contributed by atoms with Gasteiger partial charge in [-0.2, -0.15) is 4.98 Å². The molecule has 2 aromatic heterocycles. The maximum atomic E-state index is 12.1. The Labute approximate surface area is 186 Å². The van der Waals surface area contributed by atoms with Gasteiger partial charge in [-0.3, -0.25) is 9.53 Å². The van der Waals surface area contributed by atoms with E-state index in [-0.39, 0.29) is 18.2 Å². The third kappa shape index (κ3) is 4.43. The van der Waals surface area contributed by atoms with Crippen molar-refractivity contribution in [1.29, 1.82) is 0 Å². The normalized spacial score (nSPS) is 17.3. The monoisotopic (exact) mass is 463 g/mol. The molecule has 0 spiro atoms. The zero-order chi connectivity index (χ0) is 22.3. The van der Waals surface area contributed by atoms with Gasteiger partial charge < -0.3 is 19.7 Å². The van der Waals surface area contributed by atoms with E-state index in [1.54, 1.807) is 31.4 Å². The molecule has 3 aromatic rings. The second-order valence-electron chi connectivity index (χ2n) is 8.23. The highest BCUT2D eigenvalue weighted by atomic mass is 32.2. The number of nitrogens with zero attached hydrogens (tertiary/aromatic N) is 3. The summed E-state index contributed by atoms with van der Waals surface area (Å²) in [4.78, 5) is 25.1. The molecule has 11 heteroatoms. The number of carbonyl (C=O) groups is 1. The number of rotatable bonds is 5. The maximum absolute atomic E-state index is 12.1. The van der Waals surface area contributed by atoms with Crippen molar-refractivity contribution in [3.05, 3.63) is 28.8 Å². The van der Waals surface area contributed by atoms with Crippen LogP contribution in [0.4, 0.5) is 15.9 Å². The summed E-state index contributed by atoms with van der Waals surface area (Å²) in [5, 5.41) is 15.0. The van der Waals surface area contributed by atoms with E-state index >= 15 is 0 Å². The molecule has 4 rings (SSSR count). The molecule has 9 nitrogen and oxygen atoms in total. The van der Waals surface area contributed by atoms with Crippen LogP contribution in [0.2, 0.25) is 0 Å². The van der Waals surface area contributed by atoms with Crippen molar-refractivity contribution >= 4 is 50.4 Å². The molecule has 1 unspecified atom stereocenters. The van der Waals surface area contributed by atoms with Crippen LogP contribution < -0.4 is 15.5 Å². The van der Waals surface area contributed by atoms with Gasteiger partial charge in [0.15, 0.2) is 10.7 Å². The first-order chi connectivity index (χ1) is 14.7. The van der Waals surface area contributed by atoms with E-state index in [1.807, 2.05) is 0 Å². The van der Waals surface area contributed by atoms with Crippen molar-refractivity contribution in [3.63, 3.8) is 0 Å². The Morgan fingerprint density at radius 1 is 1.42 bits per heavy atom. The first kappa shape index (κ1) is 21.7. The Morgan fingerprint density at radius 3 is 2.90 bits per heavy atom. The van der Waals surface area contributed by atoms with Crippen LogP contribution in [0.1, 0.15) is 31.3 Å². The number of carbonyl (C=O) groups excluding carboxylic acids is 1. The Balaban J connectivity index is 1.58. The summed E-state index contributed by atoms with van der Waals surface area (Å²) in [7, 11) is -1.09. The van der Waals surface area contributed by atoms with Gasteiger partial charge in [-0.1, -0.05) is 11.3 Å². The molecule has 3 N–H and O–H groups in total. The molecule has 0 bridgehead atoms. The molecule has 2 atom stereocenters. The average molecular weight is 464 g/mol. The zero-order valence-electron chi connectivity index (χ0n) is 17.8. The van der Waals surface area contributed by atoms with Crippen molar-refractivity contribution in [2.24, 2.45) is 0 Å². The standard InChI is InChI=1S/C20H25N5O4S2/c1-11(10-26)21-17(27)24-18-22-14-8-20(2,3)25(9-16(14)30-18)19-23-13-7-12(31(4)28)5-6-15(13)29-19/h5-7,11,26H,8-10H2,1-4H3,(H2,21,22,24,27)/t11-,31?/m1/s1. The van der Waals surface area contributed by atoms with E-state index in [0.717, 1.165) is 10.6 Å². The minimum atomic E-state index is -1.09. The van der Waals surface area contributed by atoms with Crippen LogP contribution in [-0.2, 0) is 23.8 Å². The highest BCUT2D eigenvalue weighted by Gasteiger charge is 2.38. The molecule has 166 valence electrons. The Kier molecular flexibility index (Phi) is 5.75. The summed E-state index contributed by atoms with van der Waals surface area (Å²) in [6.45, 7) is 6.33. The van der Waals surface area contributed by atoms with Gasteiger partial charge in [-0.25, -0.2) is 9.78 Å². The van der Waals surface area contributed by atoms with Gasteiger partial charge in [-0.05, 0) is 39.0 Å². The predicted molar refractivity (Wildman–Crippen MR) is 121 cm³/mol. The van der Waals surface area contributed by atoms with Crippen LogP contribution in [0.15, 0.2) is 27.5 Å². The summed E-state index contributed by atoms with van der Waals surface area (Å²) in [6.07, 6.45) is 2.30. The van der Waals surface area contributed by atoms with E-state index in [9.17, 15) is 9.00 Å². The minimum absolute atomic E-state index is 0.134. The van der Waals surface area contributed by atoms with E-state index in [2.05, 4.69) is 39.3 Å². The van der Waals surface area contributed by atoms with Crippen molar-refractivity contribution < 1.29 is 18.5 Å². The fourth-order valence-electron chi connectivity index (χ4n) is 3.48. The largest absolute Gasteiger partial charge is 0.423 e. The Bertz CT molecular complexity index is 1160. The number of aromatic nitrogens is 2. The highest BCUT2D eigenvalue weighted by Crippen LogP contribution is 2.39. The number of amides is 2. The van der Waals surface area contributed by atoms with E-state index in [1.165, 1.54) is 11.3 Å². The lowest BCUT2D eigenvalue weighted by Gasteiger charge is -2.40. The minimum Gasteiger partial charge on any atom is -0.423 e. The maximum Gasteiger partial charge on any atom is 0.321 e. The van der Waals surface area contributed by atoms with Crippen molar-refractivity contribution in [3.8, 4) is 0 Å². The van der Waals surface area contributed by atoms with E-state index < -0.39 is 16.8 Å². The molecule has 0 aliphatic carbocycles. The number of urea groups is 1. The molecule has 3 heterocycles. The van der Waals surface area contributed by atoms with Crippen LogP contribution in [-0.4, -0.2) is 49.8 Å². The topological polar surface area (TPSA) is 121 Å². The van der Waals surface area contributed by atoms with Gasteiger partial charge >= 0.3 is 6.03 Å². The third-order valence-corrected chi connectivity index (χ3v) is 7.11. The zero-order valence-corrected chi connectivity index (χ0v) is 19.4. The number of hydrogen-bond donors (Lipinski definition) is 3. The smallest absolute Gasteiger partial charge is 0.321 e. The van der Waals surface area contributed by atoms with Gasteiger partial charge in [-0.15, -0.1) is 0 Å². The Hall–Kier alpha value is -2.50. The van der Waals surface area contributed by atoms with Gasteiger partial charge in [0.05, 0.1) is 24.9 Å². The molecule has 1 aliphatic rings. The molecule has 31 heavy (non-hydrogen) atoms. The molecule has 2 amide bonds. The lowest BCUT2D eigenvalue weighted by atomic mass is 9.92. The van der Waals surface area contributed by atoms with Gasteiger partial charge in [0.1, 0.15) is 5.52 Å². The van der Waals surface area contributed by atoms with Crippen LogP contribution in [0.25, 0.3) is 11.1 Å². The lowest BCUT2D eigenvalue weighted by Crippen LogP contribution is -2.48. The number of fused-ring (bicyclic) bond motifs is 2. The molecule has 0 saturated heterocycles. The van der Waals surface area contributed by atoms with Gasteiger partial charge in [0, 0.05) is 38.8 Å². The van der Waals surface area contributed by atoms with Crippen LogP contribution in [0.3, 0.4) is 0 Å². The summed E-state index contributed by atoms with van der Waals surface area (Å²) in [5.74, 6) is 0. The number of aliphatic hydroxyl groups is 1. The summed E-state index contributed by atoms with van der Waals surface area (Å²) < 4.78 is 17.8. The molecule has 1 aromatic carbocycles. The fraction of sp³-hybridized carbons (Fsp3) is 0.450. The predicted octanol–water partition coefficient (Wildman–Crippen LogP) is 2.87. The van der Waals surface area contributed by atoms with E-state index in [0.29, 0.717) is 40.1 Å². The molecule has 0 radical (unpaired) electrons. The number of thiazole rings is 1. The number of nitrogens with one attached hydrogen (secondary N) is 2.